The van der Waals surface area contributed by atoms with Gasteiger partial charge in [-0.15, -0.1) is 29.3 Å². The molecule has 8 rings (SSSR count). The van der Waals surface area contributed by atoms with Gasteiger partial charge in [0, 0.05) is 65.9 Å². The summed E-state index contributed by atoms with van der Waals surface area (Å²) in [6, 6.07) is 36.4. The van der Waals surface area contributed by atoms with Gasteiger partial charge in [-0.25, -0.2) is 4.98 Å². The first-order chi connectivity index (χ1) is 40.3. The summed E-state index contributed by atoms with van der Waals surface area (Å²) in [5.74, 6) is -4.01. The van der Waals surface area contributed by atoms with Gasteiger partial charge in [-0.05, 0) is 121 Å². The number of para-hydroxylation sites is 1. The zero-order valence-electron chi connectivity index (χ0n) is 61.7. The molecule has 70 heavy (non-hydrogen) atoms. The summed E-state index contributed by atoms with van der Waals surface area (Å²) in [6.45, 7) is -3.55. The van der Waals surface area contributed by atoms with Crippen LogP contribution < -0.4 is 0 Å². The number of aromatic nitrogens is 3. The van der Waals surface area contributed by atoms with Crippen LogP contribution in [0.15, 0.2) is 121 Å². The van der Waals surface area contributed by atoms with Crippen LogP contribution >= 0.6 is 0 Å². The summed E-state index contributed by atoms with van der Waals surface area (Å²) < 4.78 is 178. The average molecular weight is 1130 g/mol. The zero-order chi connectivity index (χ0) is 67.0. The molecule has 0 aliphatic carbocycles. The summed E-state index contributed by atoms with van der Waals surface area (Å²) in [4.78, 5) is 9.98. The Balaban J connectivity index is 0.0000115. The van der Waals surface area contributed by atoms with Gasteiger partial charge in [-0.1, -0.05) is 194 Å². The van der Waals surface area contributed by atoms with E-state index in [9.17, 15) is 5.11 Å². The van der Waals surface area contributed by atoms with E-state index < -0.39 is 97.4 Å². The van der Waals surface area contributed by atoms with Crippen LogP contribution in [-0.4, -0.2) is 19.6 Å². The number of rotatable bonds is 8. The van der Waals surface area contributed by atoms with Crippen molar-refractivity contribution in [1.29, 1.82) is 0 Å². The predicted octanol–water partition coefficient (Wildman–Crippen LogP) is 18.0. The quantitative estimate of drug-likeness (QED) is 0.154. The Hall–Kier alpha value is -5.57. The van der Waals surface area contributed by atoms with E-state index in [1.165, 1.54) is 4.57 Å². The first-order valence-corrected chi connectivity index (χ1v) is 23.1. The van der Waals surface area contributed by atoms with Gasteiger partial charge in [-0.3, -0.25) is 9.55 Å². The number of phenolic OH excluding ortho intramolecular Hbond substituents is 1. The first-order valence-electron chi connectivity index (χ1n) is 33.1. The molecule has 0 aliphatic heterocycles. The number of benzene rings is 6. The van der Waals surface area contributed by atoms with E-state index in [1.54, 1.807) is 77.2 Å². The molecule has 2 heterocycles. The third-order valence-electron chi connectivity index (χ3n) is 12.9. The van der Waals surface area contributed by atoms with Crippen LogP contribution in [0, 0.1) is 13.0 Å². The molecule has 0 spiro atoms. The molecular formula is C65H74N3OPt-. The van der Waals surface area contributed by atoms with Crippen LogP contribution in [0.1, 0.15) is 188 Å². The Bertz CT molecular complexity index is 3900. The van der Waals surface area contributed by atoms with E-state index in [0.29, 0.717) is 56.3 Å². The van der Waals surface area contributed by atoms with Crippen molar-refractivity contribution in [3.8, 4) is 67.5 Å². The molecule has 0 aliphatic rings. The van der Waals surface area contributed by atoms with Crippen molar-refractivity contribution in [2.24, 2.45) is 0 Å². The molecule has 0 amide bonds. The molecule has 6 aromatic carbocycles. The van der Waals surface area contributed by atoms with Crippen molar-refractivity contribution in [2.75, 3.05) is 0 Å². The van der Waals surface area contributed by atoms with Gasteiger partial charge in [0.15, 0.2) is 0 Å². The summed E-state index contributed by atoms with van der Waals surface area (Å²) in [5, 5.41) is 13.1. The fourth-order valence-electron chi connectivity index (χ4n) is 8.71. The molecule has 0 saturated heterocycles. The second-order valence-electron chi connectivity index (χ2n) is 20.9. The summed E-state index contributed by atoms with van der Waals surface area (Å²) in [6.07, 6.45) is 1.71. The van der Waals surface area contributed by atoms with E-state index in [0.717, 1.165) is 22.3 Å². The Labute approximate surface area is 462 Å². The Morgan fingerprint density at radius 3 is 1.79 bits per heavy atom. The van der Waals surface area contributed by atoms with Crippen LogP contribution in [0.4, 0.5) is 0 Å². The maximum atomic E-state index is 13.1. The average Bonchev–Trinajstić information content (AvgIpc) is 0.775. The number of phenols is 1. The van der Waals surface area contributed by atoms with Gasteiger partial charge < -0.3 is 5.11 Å². The molecule has 0 unspecified atom stereocenters. The van der Waals surface area contributed by atoms with Gasteiger partial charge in [-0.2, -0.15) is 0 Å². The molecule has 0 fully saturated rings. The topological polar surface area (TPSA) is 50.9 Å². The monoisotopic (exact) mass is 1130 g/mol. The van der Waals surface area contributed by atoms with E-state index >= 15 is 0 Å². The van der Waals surface area contributed by atoms with E-state index in [4.69, 9.17) is 37.4 Å². The second kappa shape index (κ2) is 19.2. The van der Waals surface area contributed by atoms with Crippen molar-refractivity contribution in [2.45, 2.75) is 151 Å². The van der Waals surface area contributed by atoms with Crippen molar-refractivity contribution in [1.82, 2.24) is 14.5 Å². The molecule has 4 nitrogen and oxygen atoms in total. The van der Waals surface area contributed by atoms with Gasteiger partial charge >= 0.3 is 0 Å². The van der Waals surface area contributed by atoms with E-state index in [1.807, 2.05) is 63.2 Å². The van der Waals surface area contributed by atoms with Crippen molar-refractivity contribution < 1.29 is 53.6 Å². The van der Waals surface area contributed by atoms with Crippen LogP contribution in [0.25, 0.3) is 72.7 Å². The number of aromatic hydroxyl groups is 1. The van der Waals surface area contributed by atoms with Crippen molar-refractivity contribution in [3.63, 3.8) is 0 Å². The fraction of sp³-hybridized carbons (Fsp3) is 0.354. The summed E-state index contributed by atoms with van der Waals surface area (Å²) in [5.41, 5.74) is -2.91. The Morgan fingerprint density at radius 2 is 1.19 bits per heavy atom. The van der Waals surface area contributed by atoms with Gasteiger partial charge in [0.1, 0.15) is 11.6 Å². The van der Waals surface area contributed by atoms with Crippen molar-refractivity contribution >= 4 is 11.0 Å². The molecule has 366 valence electrons. The third-order valence-corrected chi connectivity index (χ3v) is 12.9. The van der Waals surface area contributed by atoms with Crippen LogP contribution in [0.2, 0.25) is 0 Å². The Morgan fingerprint density at radius 1 is 0.586 bits per heavy atom. The van der Waals surface area contributed by atoms with Crippen LogP contribution in [0.3, 0.4) is 0 Å². The molecule has 5 heteroatoms. The van der Waals surface area contributed by atoms with Crippen LogP contribution in [0.5, 0.6) is 5.75 Å². The van der Waals surface area contributed by atoms with Gasteiger partial charge in [0.25, 0.3) is 0 Å². The number of fused-ring (bicyclic) bond motifs is 1. The molecule has 0 bridgehead atoms. The number of pyridine rings is 1. The smallest absolute Gasteiger partial charge is 0.148 e. The largest absolute Gasteiger partial charge is 0.507 e. The minimum absolute atomic E-state index is 0. The number of hydrogen-bond donors (Lipinski definition) is 1. The maximum absolute atomic E-state index is 13.1. The number of nitrogens with zero attached hydrogens (tertiary/aromatic N) is 3. The van der Waals surface area contributed by atoms with Gasteiger partial charge in [0.05, 0.1) is 22.3 Å². The van der Waals surface area contributed by atoms with Gasteiger partial charge in [0.2, 0.25) is 0 Å². The molecule has 0 saturated carbocycles. The summed E-state index contributed by atoms with van der Waals surface area (Å²) in [7, 11) is 0. The van der Waals surface area contributed by atoms with E-state index in [2.05, 4.69) is 51.1 Å². The number of imidazole rings is 1. The third kappa shape index (κ3) is 10.6. The van der Waals surface area contributed by atoms with E-state index in [-0.39, 0.29) is 49.3 Å². The molecule has 8 aromatic rings. The Kier molecular flexibility index (Phi) is 8.70. The maximum Gasteiger partial charge on any atom is 0.148 e. The standard InChI is InChI=1S/C65H74N3O.Pt/c1-39(2)45-30-46(40(3)4)32-47(31-45)43-23-26-57(41(5)29-43)68-58-20-18-19-53(59(58)67-61(68)54-37-52(64(12,13)14)38-55(60(54)69)65(15,16)17)48-33-49(35-51(34-48)63(9,10)11)56-36-44(27-28-66-56)42-21-24-50(25-22-42)62(6,7)8;/h18-32,34-40,69H,1-17H3;/q-1;/i12D3,13D3,14D3,15D3,16D3,17D3,39D,40D;. The summed E-state index contributed by atoms with van der Waals surface area (Å²) >= 11 is 0. The SMILES string of the molecule is [2H]C(C)(C)c1cc(-c2ccc(-n3c(-c4cc(C(C([2H])([2H])[2H])(C([2H])([2H])[2H])C([2H])([2H])[2H])cc(C(C([2H])([2H])[2H])(C([2H])([2H])[2H])C([2H])([2H])[2H])c4O)nc4c(-c5[c-]c(-c6cc(-c7ccc(C(C)(C)C)cc7)ccn6)cc(C(C)(C)C)c5)cccc43)c(C)c2)cc(C([2H])(C)C)c1.[Pt]. The number of aryl methyl sites for hydroxylation is 1. The second-order valence-corrected chi connectivity index (χ2v) is 20.9. The van der Waals surface area contributed by atoms with Crippen LogP contribution in [-0.2, 0) is 42.7 Å². The minimum atomic E-state index is -4.17. The minimum Gasteiger partial charge on any atom is -0.507 e. The predicted molar refractivity (Wildman–Crippen MR) is 294 cm³/mol. The first kappa shape index (κ1) is 31.7. The molecule has 0 atom stereocenters. The molecule has 0 radical (unpaired) electrons. The normalized spacial score (nSPS) is 18.2. The number of hydrogen-bond acceptors (Lipinski definition) is 3. The van der Waals surface area contributed by atoms with Crippen molar-refractivity contribution in [3.05, 3.63) is 166 Å². The molecule has 1 N–H and O–H groups in total. The molecule has 2 aromatic heterocycles. The molecular weight excluding hydrogens is 1030 g/mol. The zero-order valence-corrected chi connectivity index (χ0v) is 43.9. The fourth-order valence-corrected chi connectivity index (χ4v) is 8.71.